The third kappa shape index (κ3) is 12.4. The molecule has 1 amide bonds. The fraction of sp³-hybridized carbons (Fsp3) is 0.514. The molecule has 0 bridgehead atoms. The van der Waals surface area contributed by atoms with Gasteiger partial charge in [-0.05, 0) is 64.4 Å². The van der Waals surface area contributed by atoms with Crippen LogP contribution in [0.2, 0.25) is 0 Å². The Kier molecular flexibility index (Phi) is 16.7. The Morgan fingerprint density at radius 1 is 1.14 bits per heavy atom. The van der Waals surface area contributed by atoms with Crippen molar-refractivity contribution in [1.29, 1.82) is 0 Å². The largest absolute Gasteiger partial charge is 0.402 e. The van der Waals surface area contributed by atoms with Crippen molar-refractivity contribution in [2.24, 2.45) is 33.3 Å². The average Bonchev–Trinajstić information content (AvgIpc) is 3.40. The number of nitrogens with two attached hydrogens (primary N) is 2. The summed E-state index contributed by atoms with van der Waals surface area (Å²) in [7, 11) is 1.68. The molecule has 232 valence electrons. The van der Waals surface area contributed by atoms with Crippen molar-refractivity contribution in [2.75, 3.05) is 13.6 Å². The maximum atomic E-state index is 12.4. The minimum absolute atomic E-state index is 0.0934. The third-order valence-corrected chi connectivity index (χ3v) is 8.46. The molecule has 0 saturated carbocycles. The molecule has 2 heterocycles. The molecule has 1 aliphatic heterocycles. The minimum atomic E-state index is 0.0934. The summed E-state index contributed by atoms with van der Waals surface area (Å²) in [5.41, 5.74) is 18.9. The van der Waals surface area contributed by atoms with Crippen LogP contribution in [0.4, 0.5) is 0 Å². The number of rotatable bonds is 10. The van der Waals surface area contributed by atoms with Crippen LogP contribution in [-0.4, -0.2) is 36.1 Å². The molecule has 4 N–H and O–H groups in total. The summed E-state index contributed by atoms with van der Waals surface area (Å²) in [4.78, 5) is 24.2. The highest BCUT2D eigenvalue weighted by Crippen LogP contribution is 2.29. The number of allylic oxidation sites excluding steroid dienone is 8. The van der Waals surface area contributed by atoms with Crippen molar-refractivity contribution in [1.82, 2.24) is 4.90 Å². The summed E-state index contributed by atoms with van der Waals surface area (Å²) in [5, 5.41) is 2.02. The molecule has 0 fully saturated rings. The molecular weight excluding hydrogens is 538 g/mol. The van der Waals surface area contributed by atoms with Crippen LogP contribution >= 0.6 is 11.3 Å². The van der Waals surface area contributed by atoms with Gasteiger partial charge in [-0.25, -0.2) is 4.99 Å². The van der Waals surface area contributed by atoms with Gasteiger partial charge in [0, 0.05) is 46.8 Å². The minimum Gasteiger partial charge on any atom is -0.402 e. The Morgan fingerprint density at radius 3 is 2.40 bits per heavy atom. The molecule has 0 aromatic carbocycles. The third-order valence-electron chi connectivity index (χ3n) is 7.45. The highest BCUT2D eigenvalue weighted by Gasteiger charge is 2.25. The van der Waals surface area contributed by atoms with E-state index in [2.05, 4.69) is 82.8 Å². The highest BCUT2D eigenvalue weighted by atomic mass is 32.1. The van der Waals surface area contributed by atoms with Gasteiger partial charge in [0.2, 0.25) is 5.91 Å². The number of hydrogen-bond donors (Lipinski definition) is 2. The van der Waals surface area contributed by atoms with Gasteiger partial charge in [0.25, 0.3) is 0 Å². The molecule has 1 aliphatic rings. The first-order valence-electron chi connectivity index (χ1n) is 15.2. The van der Waals surface area contributed by atoms with E-state index < -0.39 is 0 Å². The molecule has 2 rings (SSSR count). The van der Waals surface area contributed by atoms with Crippen molar-refractivity contribution in [3.05, 3.63) is 80.3 Å². The van der Waals surface area contributed by atoms with Crippen LogP contribution in [0.15, 0.2) is 74.2 Å². The average molecular weight is 594 g/mol. The normalized spacial score (nSPS) is 16.5. The Labute approximate surface area is 259 Å². The second-order valence-electron chi connectivity index (χ2n) is 11.3. The SMILES string of the molecule is C/C=C(\C)C(=O)N1CCc2c(C(N)=NC(/C=C(\N)CC(C)C)=NC)csc2C1.CCC(C)=C(C)/C=C\C=C/C(C)CC. The van der Waals surface area contributed by atoms with Crippen molar-refractivity contribution in [3.8, 4) is 0 Å². The van der Waals surface area contributed by atoms with Gasteiger partial charge in [0.15, 0.2) is 5.84 Å². The first-order chi connectivity index (χ1) is 19.9. The monoisotopic (exact) mass is 593 g/mol. The van der Waals surface area contributed by atoms with E-state index in [1.165, 1.54) is 28.0 Å². The van der Waals surface area contributed by atoms with E-state index in [4.69, 9.17) is 11.5 Å². The molecule has 1 unspecified atom stereocenters. The van der Waals surface area contributed by atoms with Gasteiger partial charge in [-0.15, -0.1) is 11.3 Å². The number of carbonyl (C=O) groups is 1. The molecule has 1 aromatic rings. The molecule has 42 heavy (non-hydrogen) atoms. The summed E-state index contributed by atoms with van der Waals surface area (Å²) in [6.07, 6.45) is 16.3. The van der Waals surface area contributed by atoms with Crippen LogP contribution in [0.3, 0.4) is 0 Å². The Balaban J connectivity index is 0.000000532. The molecule has 1 aromatic heterocycles. The molecule has 0 spiro atoms. The quantitative estimate of drug-likeness (QED) is 0.124. The van der Waals surface area contributed by atoms with Crippen molar-refractivity contribution in [2.45, 2.75) is 94.5 Å². The van der Waals surface area contributed by atoms with Crippen LogP contribution in [-0.2, 0) is 17.8 Å². The maximum absolute atomic E-state index is 12.4. The van der Waals surface area contributed by atoms with E-state index >= 15 is 0 Å². The van der Waals surface area contributed by atoms with E-state index in [1.54, 1.807) is 24.5 Å². The number of amides is 1. The van der Waals surface area contributed by atoms with Crippen molar-refractivity contribution in [3.63, 3.8) is 0 Å². The number of fused-ring (bicyclic) bond motifs is 1. The summed E-state index contributed by atoms with van der Waals surface area (Å²) < 4.78 is 0. The first-order valence-corrected chi connectivity index (χ1v) is 16.1. The standard InChI is InChI=1S/C21H31N5OS.C14H24/c1-6-14(4)21(27)26-8-7-16-17(12-28-18(16)11-26)20(23)25-19(24-5)10-15(22)9-13(2)3;1-6-12(3)10-8-9-11-14(5)13(4)7-2/h6,10,12-13H,7-9,11,22H2,1-5H3,(H2,23,24,25);8-12H,6-7H2,1-5H3/b14-6+,15-10-;10-8-,11-9-,14-13?. The Hall–Kier alpha value is -3.19. The van der Waals surface area contributed by atoms with Gasteiger partial charge < -0.3 is 16.4 Å². The van der Waals surface area contributed by atoms with Crippen LogP contribution in [0, 0.1) is 11.8 Å². The van der Waals surface area contributed by atoms with Gasteiger partial charge in [-0.1, -0.05) is 82.6 Å². The number of carbonyl (C=O) groups excluding carboxylic acids is 1. The van der Waals surface area contributed by atoms with E-state index in [0.717, 1.165) is 36.1 Å². The molecule has 0 aliphatic carbocycles. The zero-order valence-corrected chi connectivity index (χ0v) is 28.6. The van der Waals surface area contributed by atoms with Crippen LogP contribution in [0.5, 0.6) is 0 Å². The number of amidine groups is 2. The van der Waals surface area contributed by atoms with Gasteiger partial charge in [-0.3, -0.25) is 9.79 Å². The van der Waals surface area contributed by atoms with Crippen LogP contribution < -0.4 is 11.5 Å². The maximum Gasteiger partial charge on any atom is 0.249 e. The Bertz CT molecular complexity index is 1240. The fourth-order valence-corrected chi connectivity index (χ4v) is 5.23. The number of nitrogens with zero attached hydrogens (tertiary/aromatic N) is 3. The second kappa shape index (κ2) is 19.1. The predicted molar refractivity (Wildman–Crippen MR) is 185 cm³/mol. The number of hydrogen-bond acceptors (Lipinski definition) is 4. The van der Waals surface area contributed by atoms with Gasteiger partial charge in [0.05, 0.1) is 6.54 Å². The fourth-order valence-electron chi connectivity index (χ4n) is 4.13. The van der Waals surface area contributed by atoms with Crippen LogP contribution in [0.25, 0.3) is 0 Å². The highest BCUT2D eigenvalue weighted by molar-refractivity contribution is 7.10. The van der Waals surface area contributed by atoms with Crippen molar-refractivity contribution >= 4 is 28.9 Å². The number of thiophene rings is 1. The zero-order valence-electron chi connectivity index (χ0n) is 27.8. The first kappa shape index (κ1) is 36.8. The lowest BCUT2D eigenvalue weighted by Crippen LogP contribution is -2.36. The summed E-state index contributed by atoms with van der Waals surface area (Å²) in [6.45, 7) is 20.3. The van der Waals surface area contributed by atoms with E-state index in [-0.39, 0.29) is 5.91 Å². The summed E-state index contributed by atoms with van der Waals surface area (Å²) in [6, 6.07) is 0. The van der Waals surface area contributed by atoms with E-state index in [0.29, 0.717) is 36.6 Å². The molecule has 1 atom stereocenters. The van der Waals surface area contributed by atoms with E-state index in [1.807, 2.05) is 30.2 Å². The van der Waals surface area contributed by atoms with Gasteiger partial charge >= 0.3 is 0 Å². The molecule has 6 nitrogen and oxygen atoms in total. The Morgan fingerprint density at radius 2 is 1.83 bits per heavy atom. The topological polar surface area (TPSA) is 97.1 Å². The molecule has 7 heteroatoms. The predicted octanol–water partition coefficient (Wildman–Crippen LogP) is 8.11. The lowest BCUT2D eigenvalue weighted by Gasteiger charge is -2.27. The molecular formula is C35H55N5OS. The van der Waals surface area contributed by atoms with Crippen LogP contribution in [0.1, 0.15) is 97.6 Å². The molecule has 0 saturated heterocycles. The van der Waals surface area contributed by atoms with Crippen molar-refractivity contribution < 1.29 is 4.79 Å². The number of aliphatic imine (C=N–C) groups is 2. The van der Waals surface area contributed by atoms with Gasteiger partial charge in [-0.2, -0.15) is 0 Å². The smallest absolute Gasteiger partial charge is 0.249 e. The lowest BCUT2D eigenvalue weighted by atomic mass is 10.0. The zero-order chi connectivity index (χ0) is 31.8. The summed E-state index contributed by atoms with van der Waals surface area (Å²) >= 11 is 1.62. The van der Waals surface area contributed by atoms with Gasteiger partial charge in [0.1, 0.15) is 5.84 Å². The van der Waals surface area contributed by atoms with E-state index in [9.17, 15) is 4.79 Å². The molecule has 0 radical (unpaired) electrons. The lowest BCUT2D eigenvalue weighted by molar-refractivity contribution is -0.127. The second-order valence-corrected chi connectivity index (χ2v) is 12.3. The summed E-state index contributed by atoms with van der Waals surface area (Å²) in [5.74, 6) is 2.21.